The molecule has 0 saturated heterocycles. The van der Waals surface area contributed by atoms with Gasteiger partial charge in [0, 0.05) is 4.83 Å². The van der Waals surface area contributed by atoms with Crippen LogP contribution in [0.15, 0.2) is 36.4 Å². The zero-order chi connectivity index (χ0) is 14.7. The molecule has 0 amide bonds. The van der Waals surface area contributed by atoms with Crippen LogP contribution in [-0.2, 0) is 6.42 Å². The van der Waals surface area contributed by atoms with Crippen molar-refractivity contribution >= 4 is 15.9 Å². The highest BCUT2D eigenvalue weighted by Gasteiger charge is 2.16. The highest BCUT2D eigenvalue weighted by Crippen LogP contribution is 2.34. The highest BCUT2D eigenvalue weighted by atomic mass is 79.9. The molecule has 0 N–H and O–H groups in total. The molecule has 2 aromatic carbocycles. The van der Waals surface area contributed by atoms with Gasteiger partial charge in [-0.1, -0.05) is 34.1 Å². The SMILES string of the molecule is COc1ccccc1CC(Br)c1c(C)cc(F)cc1C. The molecule has 0 fully saturated rings. The van der Waals surface area contributed by atoms with Crippen molar-refractivity contribution in [3.63, 3.8) is 0 Å². The lowest BCUT2D eigenvalue weighted by molar-refractivity contribution is 0.409. The number of ether oxygens (including phenoxy) is 1. The van der Waals surface area contributed by atoms with E-state index in [0.717, 1.165) is 34.4 Å². The van der Waals surface area contributed by atoms with Gasteiger partial charge in [0.15, 0.2) is 0 Å². The topological polar surface area (TPSA) is 9.23 Å². The van der Waals surface area contributed by atoms with Gasteiger partial charge in [-0.05, 0) is 60.7 Å². The molecule has 1 atom stereocenters. The molecule has 106 valence electrons. The number of benzene rings is 2. The summed E-state index contributed by atoms with van der Waals surface area (Å²) >= 11 is 3.73. The summed E-state index contributed by atoms with van der Waals surface area (Å²) in [5.74, 6) is 0.704. The van der Waals surface area contributed by atoms with Gasteiger partial charge in [-0.25, -0.2) is 4.39 Å². The van der Waals surface area contributed by atoms with Crippen LogP contribution in [0, 0.1) is 19.7 Å². The Bertz CT molecular complexity index is 587. The molecule has 2 aromatic rings. The van der Waals surface area contributed by atoms with Gasteiger partial charge >= 0.3 is 0 Å². The summed E-state index contributed by atoms with van der Waals surface area (Å²) in [6.45, 7) is 3.89. The summed E-state index contributed by atoms with van der Waals surface area (Å²) < 4.78 is 18.8. The van der Waals surface area contributed by atoms with Crippen LogP contribution in [-0.4, -0.2) is 7.11 Å². The van der Waals surface area contributed by atoms with Crippen molar-refractivity contribution < 1.29 is 9.13 Å². The number of hydrogen-bond acceptors (Lipinski definition) is 1. The van der Waals surface area contributed by atoms with Crippen molar-refractivity contribution in [2.24, 2.45) is 0 Å². The molecule has 2 rings (SSSR count). The fraction of sp³-hybridized carbons (Fsp3) is 0.294. The average molecular weight is 337 g/mol. The Morgan fingerprint density at radius 1 is 1.15 bits per heavy atom. The van der Waals surface area contributed by atoms with Crippen molar-refractivity contribution in [2.45, 2.75) is 25.1 Å². The summed E-state index contributed by atoms with van der Waals surface area (Å²) in [4.78, 5) is 0.138. The molecule has 0 aliphatic carbocycles. The maximum absolute atomic E-state index is 13.4. The first kappa shape index (κ1) is 15.0. The molecule has 0 bridgehead atoms. The number of para-hydroxylation sites is 1. The summed E-state index contributed by atoms with van der Waals surface area (Å²) in [5, 5.41) is 0. The van der Waals surface area contributed by atoms with E-state index in [9.17, 15) is 4.39 Å². The smallest absolute Gasteiger partial charge is 0.123 e. The van der Waals surface area contributed by atoms with E-state index in [2.05, 4.69) is 22.0 Å². The number of methoxy groups -OCH3 is 1. The van der Waals surface area contributed by atoms with E-state index in [-0.39, 0.29) is 10.6 Å². The van der Waals surface area contributed by atoms with E-state index < -0.39 is 0 Å². The van der Waals surface area contributed by atoms with Crippen molar-refractivity contribution in [1.82, 2.24) is 0 Å². The molecule has 1 unspecified atom stereocenters. The quantitative estimate of drug-likeness (QED) is 0.703. The predicted molar refractivity (Wildman–Crippen MR) is 84.2 cm³/mol. The monoisotopic (exact) mass is 336 g/mol. The molecule has 0 aliphatic heterocycles. The van der Waals surface area contributed by atoms with Crippen LogP contribution in [0.5, 0.6) is 5.75 Å². The Morgan fingerprint density at radius 3 is 2.35 bits per heavy atom. The molecule has 0 aromatic heterocycles. The number of aryl methyl sites for hydroxylation is 2. The zero-order valence-corrected chi connectivity index (χ0v) is 13.5. The lowest BCUT2D eigenvalue weighted by Crippen LogP contribution is -2.03. The number of alkyl halides is 1. The normalized spacial score (nSPS) is 12.2. The first-order valence-electron chi connectivity index (χ1n) is 6.55. The van der Waals surface area contributed by atoms with E-state index in [0.29, 0.717) is 0 Å². The molecule has 20 heavy (non-hydrogen) atoms. The average Bonchev–Trinajstić information content (AvgIpc) is 2.38. The fourth-order valence-electron chi connectivity index (χ4n) is 2.58. The first-order valence-corrected chi connectivity index (χ1v) is 7.47. The molecular formula is C17H18BrFO. The van der Waals surface area contributed by atoms with Crippen LogP contribution in [0.1, 0.15) is 27.1 Å². The minimum Gasteiger partial charge on any atom is -0.496 e. The number of rotatable bonds is 4. The van der Waals surface area contributed by atoms with Crippen LogP contribution in [0.25, 0.3) is 0 Å². The van der Waals surface area contributed by atoms with Crippen LogP contribution in [0.2, 0.25) is 0 Å². The summed E-state index contributed by atoms with van der Waals surface area (Å²) in [6.07, 6.45) is 0.803. The van der Waals surface area contributed by atoms with Gasteiger partial charge in [-0.15, -0.1) is 0 Å². The molecule has 1 nitrogen and oxygen atoms in total. The molecular weight excluding hydrogens is 319 g/mol. The van der Waals surface area contributed by atoms with Gasteiger partial charge in [0.05, 0.1) is 7.11 Å². The van der Waals surface area contributed by atoms with Crippen molar-refractivity contribution in [1.29, 1.82) is 0 Å². The van der Waals surface area contributed by atoms with Crippen molar-refractivity contribution in [2.75, 3.05) is 7.11 Å². The van der Waals surface area contributed by atoms with E-state index in [1.165, 1.54) is 0 Å². The van der Waals surface area contributed by atoms with Crippen LogP contribution in [0.4, 0.5) is 4.39 Å². The predicted octanol–water partition coefficient (Wildman–Crippen LogP) is 5.13. The van der Waals surface area contributed by atoms with E-state index >= 15 is 0 Å². The zero-order valence-electron chi connectivity index (χ0n) is 11.9. The third-order valence-corrected chi connectivity index (χ3v) is 4.24. The van der Waals surface area contributed by atoms with Crippen LogP contribution in [0.3, 0.4) is 0 Å². The number of halogens is 2. The Balaban J connectivity index is 2.31. The maximum atomic E-state index is 13.4. The summed E-state index contributed by atoms with van der Waals surface area (Å²) in [6, 6.07) is 11.1. The number of hydrogen-bond donors (Lipinski definition) is 0. The van der Waals surface area contributed by atoms with Gasteiger partial charge in [0.25, 0.3) is 0 Å². The van der Waals surface area contributed by atoms with E-state index in [1.807, 2.05) is 32.0 Å². The molecule has 0 spiro atoms. The fourth-order valence-corrected chi connectivity index (χ4v) is 3.65. The van der Waals surface area contributed by atoms with Gasteiger partial charge < -0.3 is 4.74 Å². The Labute approximate surface area is 127 Å². The van der Waals surface area contributed by atoms with E-state index in [1.54, 1.807) is 19.2 Å². The van der Waals surface area contributed by atoms with Crippen LogP contribution < -0.4 is 4.74 Å². The third-order valence-electron chi connectivity index (χ3n) is 3.46. The second-order valence-electron chi connectivity index (χ2n) is 4.94. The molecule has 0 saturated carbocycles. The second kappa shape index (κ2) is 6.40. The Hall–Kier alpha value is -1.35. The van der Waals surface area contributed by atoms with Gasteiger partial charge in [0.1, 0.15) is 11.6 Å². The Kier molecular flexibility index (Phi) is 4.81. The maximum Gasteiger partial charge on any atom is 0.123 e. The molecule has 0 heterocycles. The second-order valence-corrected chi connectivity index (χ2v) is 6.04. The largest absolute Gasteiger partial charge is 0.496 e. The Morgan fingerprint density at radius 2 is 1.75 bits per heavy atom. The highest BCUT2D eigenvalue weighted by molar-refractivity contribution is 9.09. The van der Waals surface area contributed by atoms with Crippen LogP contribution >= 0.6 is 15.9 Å². The first-order chi connectivity index (χ1) is 9.52. The lowest BCUT2D eigenvalue weighted by Gasteiger charge is -2.18. The van der Waals surface area contributed by atoms with E-state index in [4.69, 9.17) is 4.74 Å². The van der Waals surface area contributed by atoms with Gasteiger partial charge in [0.2, 0.25) is 0 Å². The minimum absolute atomic E-state index is 0.138. The third kappa shape index (κ3) is 3.21. The summed E-state index contributed by atoms with van der Waals surface area (Å²) in [5.41, 5.74) is 4.23. The van der Waals surface area contributed by atoms with Gasteiger partial charge in [-0.2, -0.15) is 0 Å². The van der Waals surface area contributed by atoms with Crippen molar-refractivity contribution in [3.8, 4) is 5.75 Å². The summed E-state index contributed by atoms with van der Waals surface area (Å²) in [7, 11) is 1.68. The standard InChI is InChI=1S/C17H18BrFO/c1-11-8-14(19)9-12(2)17(11)15(18)10-13-6-4-5-7-16(13)20-3/h4-9,15H,10H2,1-3H3. The van der Waals surface area contributed by atoms with Crippen molar-refractivity contribution in [3.05, 3.63) is 64.5 Å². The lowest BCUT2D eigenvalue weighted by atomic mass is 9.96. The molecule has 3 heteroatoms. The minimum atomic E-state index is -0.180. The van der Waals surface area contributed by atoms with Gasteiger partial charge in [-0.3, -0.25) is 0 Å². The molecule has 0 aliphatic rings. The molecule has 0 radical (unpaired) electrons.